The molecule has 1 N–H and O–H groups in total. The molecule has 0 aliphatic rings. The Bertz CT molecular complexity index is 1160. The van der Waals surface area contributed by atoms with Crippen molar-refractivity contribution in [1.29, 1.82) is 0 Å². The second-order valence-corrected chi connectivity index (χ2v) is 8.40. The number of carbonyl (C=O) groups is 2. The molecule has 3 rings (SSSR count). The Kier molecular flexibility index (Phi) is 9.55. The summed E-state index contributed by atoms with van der Waals surface area (Å²) in [5.41, 5.74) is 2.13. The number of aromatic nitrogens is 2. The third kappa shape index (κ3) is 6.08. The highest BCUT2D eigenvalue weighted by Crippen LogP contribution is 2.38. The number of ether oxygens (including phenoxy) is 3. The molecule has 0 radical (unpaired) electrons. The number of hydrogen-bond donors (Lipinski definition) is 1. The van der Waals surface area contributed by atoms with E-state index < -0.39 is 0 Å². The van der Waals surface area contributed by atoms with E-state index in [4.69, 9.17) is 19.2 Å². The third-order valence-electron chi connectivity index (χ3n) is 5.93. The lowest BCUT2D eigenvalue weighted by Crippen LogP contribution is -2.35. The number of amides is 2. The predicted molar refractivity (Wildman–Crippen MR) is 139 cm³/mol. The van der Waals surface area contributed by atoms with Crippen molar-refractivity contribution >= 4 is 22.8 Å². The Hall–Kier alpha value is -3.75. The first kappa shape index (κ1) is 26.8. The zero-order valence-electron chi connectivity index (χ0n) is 21.8. The van der Waals surface area contributed by atoms with Gasteiger partial charge in [0.05, 0.1) is 32.4 Å². The molecule has 1 aromatic heterocycles. The molecule has 0 aliphatic carbocycles. The van der Waals surface area contributed by atoms with Crippen LogP contribution in [-0.2, 0) is 17.8 Å². The van der Waals surface area contributed by atoms with Gasteiger partial charge in [-0.25, -0.2) is 4.98 Å². The number of benzene rings is 2. The molecule has 9 nitrogen and oxygen atoms in total. The number of carbonyl (C=O) groups excluding carboxylic acids is 2. The van der Waals surface area contributed by atoms with E-state index in [0.717, 1.165) is 42.8 Å². The Morgan fingerprint density at radius 2 is 1.61 bits per heavy atom. The van der Waals surface area contributed by atoms with Crippen LogP contribution in [0, 0.1) is 0 Å². The van der Waals surface area contributed by atoms with Crippen LogP contribution >= 0.6 is 0 Å². The number of fused-ring (bicyclic) bond motifs is 1. The zero-order valence-corrected chi connectivity index (χ0v) is 21.8. The summed E-state index contributed by atoms with van der Waals surface area (Å²) in [6.07, 6.45) is 2.30. The first-order chi connectivity index (χ1) is 17.5. The summed E-state index contributed by atoms with van der Waals surface area (Å²) in [5, 5.41) is 2.94. The lowest BCUT2D eigenvalue weighted by Gasteiger charge is -2.22. The zero-order chi connectivity index (χ0) is 26.1. The van der Waals surface area contributed by atoms with E-state index >= 15 is 0 Å². The van der Waals surface area contributed by atoms with Gasteiger partial charge >= 0.3 is 0 Å². The predicted octanol–water partition coefficient (Wildman–Crippen LogP) is 3.68. The van der Waals surface area contributed by atoms with Crippen LogP contribution in [-0.4, -0.2) is 67.2 Å². The number of imidazole rings is 1. The summed E-state index contributed by atoms with van der Waals surface area (Å²) in [7, 11) is 4.53. The second-order valence-electron chi connectivity index (χ2n) is 8.40. The van der Waals surface area contributed by atoms with Gasteiger partial charge in [-0.05, 0) is 37.1 Å². The maximum Gasteiger partial charge on any atom is 0.251 e. The van der Waals surface area contributed by atoms with Gasteiger partial charge in [-0.1, -0.05) is 26.0 Å². The van der Waals surface area contributed by atoms with Crippen LogP contribution in [0.25, 0.3) is 11.0 Å². The summed E-state index contributed by atoms with van der Waals surface area (Å²) in [4.78, 5) is 32.6. The molecule has 0 aliphatic heterocycles. The maximum absolute atomic E-state index is 13.1. The fraction of sp³-hybridized carbons (Fsp3) is 0.444. The molecule has 0 fully saturated rings. The summed E-state index contributed by atoms with van der Waals surface area (Å²) in [6, 6.07) is 11.0. The van der Waals surface area contributed by atoms with E-state index in [-0.39, 0.29) is 18.4 Å². The Labute approximate surface area is 212 Å². The van der Waals surface area contributed by atoms with Crippen molar-refractivity contribution in [1.82, 2.24) is 19.8 Å². The first-order valence-electron chi connectivity index (χ1n) is 12.3. The van der Waals surface area contributed by atoms with E-state index in [1.54, 1.807) is 12.1 Å². The van der Waals surface area contributed by atoms with Crippen molar-refractivity contribution in [3.8, 4) is 17.2 Å². The van der Waals surface area contributed by atoms with Gasteiger partial charge < -0.3 is 29.0 Å². The minimum atomic E-state index is -0.273. The van der Waals surface area contributed by atoms with E-state index in [1.165, 1.54) is 21.3 Å². The molecule has 0 spiro atoms. The SMILES string of the molecule is CCCN(CCC)C(=O)Cn1c(CCNC(=O)c2cc(OC)c(OC)c(OC)c2)nc2ccccc21. The van der Waals surface area contributed by atoms with E-state index in [9.17, 15) is 9.59 Å². The average molecular weight is 497 g/mol. The van der Waals surface area contributed by atoms with Crippen LogP contribution < -0.4 is 19.5 Å². The molecular formula is C27H36N4O5. The Morgan fingerprint density at radius 1 is 0.972 bits per heavy atom. The molecular weight excluding hydrogens is 460 g/mol. The third-order valence-corrected chi connectivity index (χ3v) is 5.93. The van der Waals surface area contributed by atoms with E-state index in [2.05, 4.69) is 19.2 Å². The van der Waals surface area contributed by atoms with Crippen molar-refractivity contribution in [2.75, 3.05) is 41.0 Å². The van der Waals surface area contributed by atoms with Crippen molar-refractivity contribution in [3.63, 3.8) is 0 Å². The van der Waals surface area contributed by atoms with E-state index in [1.807, 2.05) is 33.7 Å². The van der Waals surface area contributed by atoms with Crippen molar-refractivity contribution < 1.29 is 23.8 Å². The lowest BCUT2D eigenvalue weighted by atomic mass is 10.1. The molecule has 2 amide bonds. The monoisotopic (exact) mass is 496 g/mol. The van der Waals surface area contributed by atoms with Gasteiger partial charge in [0.25, 0.3) is 5.91 Å². The van der Waals surface area contributed by atoms with Gasteiger partial charge in [0, 0.05) is 31.6 Å². The number of nitrogens with one attached hydrogen (secondary N) is 1. The van der Waals surface area contributed by atoms with Crippen LogP contribution in [0.1, 0.15) is 42.9 Å². The number of para-hydroxylation sites is 2. The standard InChI is InChI=1S/C27H36N4O5/c1-6-14-30(15-7-2)25(32)18-31-21-11-9-8-10-20(21)29-24(31)12-13-28-27(33)19-16-22(34-3)26(36-5)23(17-19)35-4/h8-11,16-17H,6-7,12-15,18H2,1-5H3,(H,28,33). The van der Waals surface area contributed by atoms with Crippen molar-refractivity contribution in [2.45, 2.75) is 39.7 Å². The quantitative estimate of drug-likeness (QED) is 0.388. The number of nitrogens with zero attached hydrogens (tertiary/aromatic N) is 3. The van der Waals surface area contributed by atoms with Gasteiger partial charge in [-0.15, -0.1) is 0 Å². The number of hydrogen-bond acceptors (Lipinski definition) is 6. The molecule has 0 saturated carbocycles. The van der Waals surface area contributed by atoms with Crippen molar-refractivity contribution in [3.05, 3.63) is 47.8 Å². The highest BCUT2D eigenvalue weighted by molar-refractivity contribution is 5.95. The van der Waals surface area contributed by atoms with Gasteiger partial charge in [0.15, 0.2) is 11.5 Å². The molecule has 3 aromatic rings. The summed E-state index contributed by atoms with van der Waals surface area (Å²) >= 11 is 0. The maximum atomic E-state index is 13.1. The molecule has 36 heavy (non-hydrogen) atoms. The average Bonchev–Trinajstić information content (AvgIpc) is 3.24. The molecule has 9 heteroatoms. The largest absolute Gasteiger partial charge is 0.493 e. The summed E-state index contributed by atoms with van der Waals surface area (Å²) in [5.74, 6) is 1.80. The van der Waals surface area contributed by atoms with Crippen LogP contribution in [0.4, 0.5) is 0 Å². The van der Waals surface area contributed by atoms with Crippen LogP contribution in [0.15, 0.2) is 36.4 Å². The Balaban J connectivity index is 1.77. The van der Waals surface area contributed by atoms with Crippen LogP contribution in [0.5, 0.6) is 17.2 Å². The van der Waals surface area contributed by atoms with Gasteiger partial charge in [0.2, 0.25) is 11.7 Å². The molecule has 2 aromatic carbocycles. The van der Waals surface area contributed by atoms with E-state index in [0.29, 0.717) is 35.8 Å². The fourth-order valence-corrected chi connectivity index (χ4v) is 4.23. The summed E-state index contributed by atoms with van der Waals surface area (Å²) < 4.78 is 18.0. The molecule has 0 bridgehead atoms. The second kappa shape index (κ2) is 12.8. The van der Waals surface area contributed by atoms with Gasteiger partial charge in [-0.3, -0.25) is 9.59 Å². The molecule has 194 valence electrons. The minimum Gasteiger partial charge on any atom is -0.493 e. The molecule has 0 saturated heterocycles. The normalized spacial score (nSPS) is 10.8. The highest BCUT2D eigenvalue weighted by Gasteiger charge is 2.19. The van der Waals surface area contributed by atoms with Gasteiger partial charge in [0.1, 0.15) is 12.4 Å². The molecule has 0 unspecified atom stereocenters. The topological polar surface area (TPSA) is 94.9 Å². The van der Waals surface area contributed by atoms with Crippen LogP contribution in [0.3, 0.4) is 0 Å². The lowest BCUT2D eigenvalue weighted by molar-refractivity contribution is -0.131. The van der Waals surface area contributed by atoms with Crippen molar-refractivity contribution in [2.24, 2.45) is 0 Å². The fourth-order valence-electron chi connectivity index (χ4n) is 4.23. The van der Waals surface area contributed by atoms with Crippen LogP contribution in [0.2, 0.25) is 0 Å². The first-order valence-corrected chi connectivity index (χ1v) is 12.3. The molecule has 0 atom stereocenters. The highest BCUT2D eigenvalue weighted by atomic mass is 16.5. The smallest absolute Gasteiger partial charge is 0.251 e. The number of methoxy groups -OCH3 is 3. The summed E-state index contributed by atoms with van der Waals surface area (Å²) in [6.45, 7) is 6.19. The van der Waals surface area contributed by atoms with Gasteiger partial charge in [-0.2, -0.15) is 0 Å². The minimum absolute atomic E-state index is 0.0737. The number of rotatable bonds is 13. The Morgan fingerprint density at radius 3 is 2.19 bits per heavy atom. The molecule has 1 heterocycles.